The number of unbranched alkanes of at least 4 members (excludes halogenated alkanes) is 3. The average molecular weight is 934 g/mol. The Hall–Kier alpha value is -4.67. The van der Waals surface area contributed by atoms with E-state index in [2.05, 4.69) is 30.6 Å². The van der Waals surface area contributed by atoms with E-state index in [1.54, 1.807) is 48.5 Å². The zero-order valence-corrected chi connectivity index (χ0v) is 34.7. The first kappa shape index (κ1) is 58.4. The number of carbonyl (C=O) groups is 2. The number of nitrogens with two attached hydrogens (primary N) is 4. The van der Waals surface area contributed by atoms with Crippen molar-refractivity contribution >= 4 is 82.8 Å². The molecule has 0 aliphatic carbocycles. The molecule has 0 fully saturated rings. The first-order valence-electron chi connectivity index (χ1n) is 17.6. The first-order chi connectivity index (χ1) is 28.1. The Balaban J connectivity index is 0. The highest BCUT2D eigenvalue weighted by molar-refractivity contribution is 6.31. The number of aliphatic carboxylic acids is 2. The number of nitrogens with zero attached hydrogens (tertiary/aromatic N) is 4. The molecular weight excluding hydrogens is 879 g/mol. The lowest BCUT2D eigenvalue weighted by atomic mass is 10.0. The molecule has 24 nitrogen and oxygen atoms in total. The number of guanidine groups is 4. The van der Waals surface area contributed by atoms with Crippen LogP contribution in [0.2, 0.25) is 10.0 Å². The van der Waals surface area contributed by atoms with Gasteiger partial charge in [-0.2, -0.15) is 9.98 Å². The van der Waals surface area contributed by atoms with Crippen LogP contribution >= 0.6 is 35.6 Å². The smallest absolute Gasteiger partial charge is 0.335 e. The van der Waals surface area contributed by atoms with E-state index >= 15 is 0 Å². The molecule has 2 aromatic carbocycles. The maximum atomic E-state index is 10.1. The van der Waals surface area contributed by atoms with Gasteiger partial charge in [-0.1, -0.05) is 36.0 Å². The van der Waals surface area contributed by atoms with Gasteiger partial charge in [0.2, 0.25) is 23.8 Å². The van der Waals surface area contributed by atoms with Crippen molar-refractivity contribution < 1.29 is 70.9 Å². The van der Waals surface area contributed by atoms with E-state index in [0.717, 1.165) is 37.1 Å². The predicted molar refractivity (Wildman–Crippen MR) is 230 cm³/mol. The SMILES string of the molecule is Cl.NC(=NCCCCCCN=C(N)N=C(N)Nc1ccc(Cl)cc1)N=C(N)Nc1ccc(Cl)cc1.O=C(O)[C@H](O)[C@@H](O)[C@H](O)[C@H](O)CO.O=C(O)[C@H](O)[C@@H](O)[C@H](O)[C@H](O)CO. The van der Waals surface area contributed by atoms with Crippen molar-refractivity contribution in [3.63, 3.8) is 0 Å². The Morgan fingerprint density at radius 1 is 0.541 bits per heavy atom. The molecule has 2 aromatic rings. The molecular formula is C34H55Cl3N10O14. The van der Waals surface area contributed by atoms with Gasteiger partial charge in [0.05, 0.1) is 13.2 Å². The highest BCUT2D eigenvalue weighted by atomic mass is 35.5. The first-order valence-corrected chi connectivity index (χ1v) is 18.4. The van der Waals surface area contributed by atoms with E-state index in [1.165, 1.54) is 0 Å². The molecule has 0 bridgehead atoms. The number of halogens is 3. The molecule has 0 heterocycles. The topological polar surface area (TPSA) is 454 Å². The summed E-state index contributed by atoms with van der Waals surface area (Å²) < 4.78 is 0. The van der Waals surface area contributed by atoms with Crippen molar-refractivity contribution in [3.05, 3.63) is 58.6 Å². The van der Waals surface area contributed by atoms with Crippen LogP contribution in [0.4, 0.5) is 11.4 Å². The Morgan fingerprint density at radius 2 is 0.836 bits per heavy atom. The third-order valence-corrected chi connectivity index (χ3v) is 7.84. The lowest BCUT2D eigenvalue weighted by Gasteiger charge is -2.23. The van der Waals surface area contributed by atoms with Crippen molar-refractivity contribution in [2.75, 3.05) is 36.9 Å². The number of benzene rings is 2. The summed E-state index contributed by atoms with van der Waals surface area (Å²) in [6.07, 6.45) is -12.0. The fraction of sp³-hybridized carbons (Fsp3) is 0.471. The van der Waals surface area contributed by atoms with Gasteiger partial charge in [0, 0.05) is 34.5 Å². The molecule has 0 radical (unpaired) electrons. The Kier molecular flexibility index (Phi) is 30.7. The van der Waals surface area contributed by atoms with Crippen LogP contribution in [0.25, 0.3) is 0 Å². The number of nitrogens with one attached hydrogen (secondary N) is 2. The quantitative estimate of drug-likeness (QED) is 0.0374. The van der Waals surface area contributed by atoms with Crippen LogP contribution < -0.4 is 33.6 Å². The van der Waals surface area contributed by atoms with E-state index in [4.69, 9.17) is 107 Å². The molecule has 22 N–H and O–H groups in total. The normalized spacial score (nSPS) is 16.0. The summed E-state index contributed by atoms with van der Waals surface area (Å²) in [5.41, 5.74) is 24.8. The molecule has 61 heavy (non-hydrogen) atoms. The van der Waals surface area contributed by atoms with Crippen LogP contribution in [0.5, 0.6) is 0 Å². The minimum Gasteiger partial charge on any atom is -0.479 e. The number of carboxylic acids is 2. The average Bonchev–Trinajstić information content (AvgIpc) is 3.21. The Labute approximate surface area is 365 Å². The van der Waals surface area contributed by atoms with Crippen LogP contribution in [-0.2, 0) is 9.59 Å². The van der Waals surface area contributed by atoms with Gasteiger partial charge in [-0.05, 0) is 61.4 Å². The molecule has 0 aliphatic rings. The zero-order valence-electron chi connectivity index (χ0n) is 32.3. The van der Waals surface area contributed by atoms with Crippen LogP contribution in [0, 0.1) is 0 Å². The summed E-state index contributed by atoms with van der Waals surface area (Å²) in [5.74, 6) is -2.89. The number of rotatable bonds is 19. The minimum absolute atomic E-state index is 0. The second-order valence-electron chi connectivity index (χ2n) is 12.2. The van der Waals surface area contributed by atoms with Crippen LogP contribution in [0.3, 0.4) is 0 Å². The van der Waals surface area contributed by atoms with Gasteiger partial charge in [-0.15, -0.1) is 12.4 Å². The molecule has 8 atom stereocenters. The maximum Gasteiger partial charge on any atom is 0.335 e. The van der Waals surface area contributed by atoms with Gasteiger partial charge in [-0.3, -0.25) is 9.98 Å². The maximum absolute atomic E-state index is 10.1. The van der Waals surface area contributed by atoms with Gasteiger partial charge in [-0.25, -0.2) is 9.59 Å². The molecule has 346 valence electrons. The third-order valence-electron chi connectivity index (χ3n) is 7.33. The molecule has 0 spiro atoms. The molecule has 27 heteroatoms. The summed E-state index contributed by atoms with van der Waals surface area (Å²) in [6.45, 7) is -0.562. The second kappa shape index (κ2) is 32.1. The van der Waals surface area contributed by atoms with E-state index in [1.807, 2.05) is 0 Å². The Bertz CT molecular complexity index is 1560. The van der Waals surface area contributed by atoms with E-state index in [0.29, 0.717) is 23.1 Å². The summed E-state index contributed by atoms with van der Waals surface area (Å²) in [4.78, 5) is 36.7. The fourth-order valence-electron chi connectivity index (χ4n) is 4.04. The summed E-state index contributed by atoms with van der Waals surface area (Å²) >= 11 is 11.7. The highest BCUT2D eigenvalue weighted by Crippen LogP contribution is 2.14. The number of anilines is 2. The predicted octanol–water partition coefficient (Wildman–Crippen LogP) is -3.23. The summed E-state index contributed by atoms with van der Waals surface area (Å²) in [5, 5.41) is 111. The van der Waals surface area contributed by atoms with Crippen LogP contribution in [-0.4, -0.2) is 172 Å². The van der Waals surface area contributed by atoms with Gasteiger partial charge < -0.3 is 94.8 Å². The molecule has 0 saturated heterocycles. The monoisotopic (exact) mass is 932 g/mol. The van der Waals surface area contributed by atoms with Crippen molar-refractivity contribution in [2.24, 2.45) is 42.9 Å². The van der Waals surface area contributed by atoms with E-state index in [-0.39, 0.29) is 36.2 Å². The second-order valence-corrected chi connectivity index (χ2v) is 13.1. The largest absolute Gasteiger partial charge is 0.479 e. The highest BCUT2D eigenvalue weighted by Gasteiger charge is 2.34. The molecule has 2 rings (SSSR count). The molecule has 0 amide bonds. The molecule has 0 aromatic heterocycles. The fourth-order valence-corrected chi connectivity index (χ4v) is 4.29. The van der Waals surface area contributed by atoms with Gasteiger partial charge in [0.15, 0.2) is 12.2 Å². The lowest BCUT2D eigenvalue weighted by molar-refractivity contribution is -0.164. The number of aliphatic hydroxyl groups excluding tert-OH is 10. The van der Waals surface area contributed by atoms with Crippen molar-refractivity contribution in [1.82, 2.24) is 0 Å². The van der Waals surface area contributed by atoms with E-state index < -0.39 is 74.0 Å². The molecule has 0 saturated carbocycles. The summed E-state index contributed by atoms with van der Waals surface area (Å²) in [6, 6.07) is 14.1. The van der Waals surface area contributed by atoms with E-state index in [9.17, 15) is 9.59 Å². The molecule has 0 unspecified atom stereocenters. The van der Waals surface area contributed by atoms with Crippen LogP contribution in [0.1, 0.15) is 25.7 Å². The number of aliphatic imine (C=N–C) groups is 4. The van der Waals surface area contributed by atoms with Gasteiger partial charge in [0.1, 0.15) is 36.6 Å². The van der Waals surface area contributed by atoms with Crippen LogP contribution in [0.15, 0.2) is 68.5 Å². The minimum atomic E-state index is -2.20. The number of hydrogen-bond acceptors (Lipinski definition) is 14. The van der Waals surface area contributed by atoms with Crippen molar-refractivity contribution in [1.29, 1.82) is 0 Å². The van der Waals surface area contributed by atoms with Gasteiger partial charge >= 0.3 is 11.9 Å². The van der Waals surface area contributed by atoms with Crippen molar-refractivity contribution in [3.8, 4) is 0 Å². The zero-order chi connectivity index (χ0) is 45.9. The Morgan fingerprint density at radius 3 is 1.10 bits per heavy atom. The summed E-state index contributed by atoms with van der Waals surface area (Å²) in [7, 11) is 0. The standard InChI is InChI=1S/C22H30Cl2N10.2C6H12O7.ClH/c23-15-5-9-17(10-6-15)31-21(27)33-19(25)29-13-3-1-2-4-14-30-20(26)34-22(28)32-18-11-7-16(24)8-12-18;2*7-1-2(8)3(9)4(10)5(11)6(12)13;/h5-12H,1-4,13-14H2,(H5,25,27,29,31,33)(H5,26,28,30,32,34);2*2-5,7-11H,1H2,(H,12,13);1H/t;2*2-,3-,4+,5-;/m.11./s1. The lowest BCUT2D eigenvalue weighted by Crippen LogP contribution is -2.48. The third kappa shape index (κ3) is 25.6. The molecule has 0 aliphatic heterocycles. The van der Waals surface area contributed by atoms with Crippen molar-refractivity contribution in [2.45, 2.75) is 74.5 Å². The number of carboxylic acid groups (broad SMARTS) is 2. The number of aliphatic hydroxyl groups is 10. The van der Waals surface area contributed by atoms with Gasteiger partial charge in [0.25, 0.3) is 0 Å². The number of hydrogen-bond donors (Lipinski definition) is 18.